The van der Waals surface area contributed by atoms with Crippen molar-refractivity contribution in [2.75, 3.05) is 6.61 Å². The van der Waals surface area contributed by atoms with Crippen LogP contribution in [0.4, 0.5) is 5.69 Å². The maximum absolute atomic E-state index is 13.8. The van der Waals surface area contributed by atoms with Crippen molar-refractivity contribution >= 4 is 40.7 Å². The van der Waals surface area contributed by atoms with E-state index in [0.29, 0.717) is 26.5 Å². The molecule has 0 amide bonds. The van der Waals surface area contributed by atoms with Crippen LogP contribution in [0.2, 0.25) is 5.02 Å². The van der Waals surface area contributed by atoms with E-state index < -0.39 is 16.9 Å². The molecular weight excluding hydrogens is 566 g/mol. The summed E-state index contributed by atoms with van der Waals surface area (Å²) in [6.07, 6.45) is 1.80. The van der Waals surface area contributed by atoms with E-state index in [-0.39, 0.29) is 40.0 Å². The zero-order valence-corrected chi connectivity index (χ0v) is 24.3. The average molecular weight is 592 g/mol. The van der Waals surface area contributed by atoms with E-state index in [9.17, 15) is 19.7 Å². The zero-order chi connectivity index (χ0) is 29.4. The Kier molecular flexibility index (Phi) is 7.79. The number of thiazole rings is 1. The van der Waals surface area contributed by atoms with Gasteiger partial charge in [-0.1, -0.05) is 61.1 Å². The largest absolute Gasteiger partial charge is 0.463 e. The Morgan fingerprint density at radius 2 is 1.95 bits per heavy atom. The first-order chi connectivity index (χ1) is 19.6. The van der Waals surface area contributed by atoms with Gasteiger partial charge in [0.15, 0.2) is 4.80 Å². The molecule has 0 unspecified atom stereocenters. The predicted molar refractivity (Wildman–Crippen MR) is 157 cm³/mol. The molecule has 0 spiro atoms. The van der Waals surface area contributed by atoms with Crippen LogP contribution in [0.15, 0.2) is 80.1 Å². The van der Waals surface area contributed by atoms with Gasteiger partial charge in [-0.25, -0.2) is 9.79 Å². The van der Waals surface area contributed by atoms with E-state index in [0.717, 1.165) is 5.56 Å². The lowest BCUT2D eigenvalue weighted by Crippen LogP contribution is -2.39. The van der Waals surface area contributed by atoms with Gasteiger partial charge in [-0.15, -0.1) is 0 Å². The molecule has 2 aromatic heterocycles. The molecule has 9 nitrogen and oxygen atoms in total. The summed E-state index contributed by atoms with van der Waals surface area (Å²) < 4.78 is 13.3. The lowest BCUT2D eigenvalue weighted by molar-refractivity contribution is -0.384. The van der Waals surface area contributed by atoms with Gasteiger partial charge in [0.2, 0.25) is 0 Å². The highest BCUT2D eigenvalue weighted by Gasteiger charge is 2.35. The summed E-state index contributed by atoms with van der Waals surface area (Å²) in [4.78, 5) is 42.8. The molecule has 0 radical (unpaired) electrons. The van der Waals surface area contributed by atoms with Crippen molar-refractivity contribution < 1.29 is 18.9 Å². The van der Waals surface area contributed by atoms with Crippen LogP contribution in [-0.4, -0.2) is 22.1 Å². The number of rotatable bonds is 7. The van der Waals surface area contributed by atoms with Crippen molar-refractivity contribution in [2.24, 2.45) is 4.99 Å². The molecule has 11 heteroatoms. The van der Waals surface area contributed by atoms with Crippen LogP contribution in [0.1, 0.15) is 56.5 Å². The minimum absolute atomic E-state index is 0.131. The summed E-state index contributed by atoms with van der Waals surface area (Å²) in [5.74, 6) is 0.269. The first-order valence-corrected chi connectivity index (χ1v) is 14.1. The van der Waals surface area contributed by atoms with E-state index in [1.54, 1.807) is 32.1 Å². The maximum atomic E-state index is 13.8. The van der Waals surface area contributed by atoms with E-state index in [1.165, 1.54) is 39.7 Å². The summed E-state index contributed by atoms with van der Waals surface area (Å²) >= 11 is 7.56. The third-order valence-corrected chi connectivity index (χ3v) is 8.05. The minimum atomic E-state index is -0.970. The number of hydrogen-bond donors (Lipinski definition) is 0. The molecule has 0 bridgehead atoms. The molecule has 0 N–H and O–H groups in total. The van der Waals surface area contributed by atoms with E-state index in [2.05, 4.69) is 18.8 Å². The van der Waals surface area contributed by atoms with E-state index >= 15 is 0 Å². The third-order valence-electron chi connectivity index (χ3n) is 6.74. The Labute approximate surface area is 243 Å². The SMILES string of the molecule is CCOC(=O)C1=C(C)N=c2s/c(=C\c3ccc(C(C)C)cc3)c(=O)n2[C@H]1c1ccc(-c2cc([N+](=O)[O-])ccc2Cl)o1. The second-order valence-electron chi connectivity index (χ2n) is 9.75. The van der Waals surface area contributed by atoms with Gasteiger partial charge in [0.1, 0.15) is 17.6 Å². The smallest absolute Gasteiger partial charge is 0.338 e. The first-order valence-electron chi connectivity index (χ1n) is 12.9. The monoisotopic (exact) mass is 591 g/mol. The number of hydrogen-bond acceptors (Lipinski definition) is 8. The summed E-state index contributed by atoms with van der Waals surface area (Å²) in [5, 5.41) is 11.6. The van der Waals surface area contributed by atoms with Gasteiger partial charge in [-0.3, -0.25) is 19.5 Å². The van der Waals surface area contributed by atoms with Gasteiger partial charge in [-0.05, 0) is 55.2 Å². The minimum Gasteiger partial charge on any atom is -0.463 e. The molecule has 2 aromatic carbocycles. The summed E-state index contributed by atoms with van der Waals surface area (Å²) in [7, 11) is 0. The lowest BCUT2D eigenvalue weighted by Gasteiger charge is -2.22. The highest BCUT2D eigenvalue weighted by molar-refractivity contribution is 7.07. The number of nitro benzene ring substituents is 1. The second-order valence-corrected chi connectivity index (χ2v) is 11.2. The highest BCUT2D eigenvalue weighted by atomic mass is 35.5. The molecule has 0 saturated carbocycles. The van der Waals surface area contributed by atoms with E-state index in [1.807, 2.05) is 24.3 Å². The van der Waals surface area contributed by atoms with Crippen LogP contribution in [0.3, 0.4) is 0 Å². The molecule has 1 aliphatic heterocycles. The van der Waals surface area contributed by atoms with Gasteiger partial charge >= 0.3 is 5.97 Å². The summed E-state index contributed by atoms with van der Waals surface area (Å²) in [6.45, 7) is 7.74. The predicted octanol–water partition coefficient (Wildman–Crippen LogP) is 5.74. The Bertz CT molecular complexity index is 1880. The molecule has 5 rings (SSSR count). The number of allylic oxidation sites excluding steroid dienone is 1. The fourth-order valence-electron chi connectivity index (χ4n) is 4.65. The lowest BCUT2D eigenvalue weighted by atomic mass is 10.0. The number of furan rings is 1. The Morgan fingerprint density at radius 3 is 2.61 bits per heavy atom. The van der Waals surface area contributed by atoms with Gasteiger partial charge in [0, 0.05) is 17.7 Å². The van der Waals surface area contributed by atoms with Crippen LogP contribution in [0.25, 0.3) is 17.4 Å². The third kappa shape index (κ3) is 5.40. The summed E-state index contributed by atoms with van der Waals surface area (Å²) in [6, 6.07) is 14.3. The number of ether oxygens (including phenoxy) is 1. The van der Waals surface area contributed by atoms with Crippen LogP contribution < -0.4 is 14.9 Å². The van der Waals surface area contributed by atoms with Crippen LogP contribution in [0, 0.1) is 10.1 Å². The van der Waals surface area contributed by atoms with Gasteiger partial charge < -0.3 is 9.15 Å². The molecular formula is C30H26ClN3O6S. The molecule has 0 aliphatic carbocycles. The van der Waals surface area contributed by atoms with Gasteiger partial charge in [-0.2, -0.15) is 0 Å². The molecule has 1 aliphatic rings. The standard InChI is InChI=1S/C30H26ClN3O6S/c1-5-39-29(36)26-17(4)32-30-33(28(35)25(41-30)14-18-6-8-19(9-7-18)16(2)3)27(26)24-13-12-23(40-24)21-15-20(34(37)38)10-11-22(21)31/h6-16,27H,5H2,1-4H3/b25-14-/t27-/m0/s1. The average Bonchev–Trinajstić information content (AvgIpc) is 3.53. The van der Waals surface area contributed by atoms with Crippen molar-refractivity contribution in [3.05, 3.63) is 118 Å². The molecule has 41 heavy (non-hydrogen) atoms. The number of non-ortho nitro benzene ring substituents is 1. The molecule has 3 heterocycles. The van der Waals surface area contributed by atoms with Crippen molar-refractivity contribution in [1.82, 2.24) is 4.57 Å². The Morgan fingerprint density at radius 1 is 1.22 bits per heavy atom. The number of halogens is 1. The number of esters is 1. The fraction of sp³-hybridized carbons (Fsp3) is 0.233. The quantitative estimate of drug-likeness (QED) is 0.154. The number of aromatic nitrogens is 1. The normalized spacial score (nSPS) is 15.2. The maximum Gasteiger partial charge on any atom is 0.338 e. The number of fused-ring (bicyclic) bond motifs is 1. The van der Waals surface area contributed by atoms with Crippen LogP contribution in [0.5, 0.6) is 0 Å². The fourth-order valence-corrected chi connectivity index (χ4v) is 5.91. The number of benzene rings is 2. The number of carbonyl (C=O) groups is 1. The van der Waals surface area contributed by atoms with Crippen molar-refractivity contribution in [2.45, 2.75) is 39.7 Å². The van der Waals surface area contributed by atoms with Crippen molar-refractivity contribution in [1.29, 1.82) is 0 Å². The molecule has 210 valence electrons. The van der Waals surface area contributed by atoms with Gasteiger partial charge in [0.05, 0.1) is 32.4 Å². The Balaban J connectivity index is 1.66. The van der Waals surface area contributed by atoms with Crippen LogP contribution >= 0.6 is 22.9 Å². The zero-order valence-electron chi connectivity index (χ0n) is 22.7. The van der Waals surface area contributed by atoms with Crippen molar-refractivity contribution in [3.8, 4) is 11.3 Å². The second kappa shape index (κ2) is 11.3. The topological polar surface area (TPSA) is 117 Å². The van der Waals surface area contributed by atoms with Gasteiger partial charge in [0.25, 0.3) is 11.2 Å². The van der Waals surface area contributed by atoms with Crippen molar-refractivity contribution in [3.63, 3.8) is 0 Å². The number of carbonyl (C=O) groups excluding carboxylic acids is 1. The first kappa shape index (κ1) is 28.3. The van der Waals surface area contributed by atoms with Crippen LogP contribution in [-0.2, 0) is 9.53 Å². The number of nitro groups is 1. The Hall–Kier alpha value is -4.28. The number of nitrogens with zero attached hydrogens (tertiary/aromatic N) is 3. The highest BCUT2D eigenvalue weighted by Crippen LogP contribution is 2.37. The molecule has 0 fully saturated rings. The molecule has 0 saturated heterocycles. The summed E-state index contributed by atoms with van der Waals surface area (Å²) in [5.41, 5.74) is 2.43. The molecule has 1 atom stereocenters. The molecule has 4 aromatic rings. The van der Waals surface area contributed by atoms with E-state index in [4.69, 9.17) is 20.8 Å².